The maximum Gasteiger partial charge on any atom is 0.408 e. The molecule has 1 unspecified atom stereocenters. The van der Waals surface area contributed by atoms with Gasteiger partial charge in [0.25, 0.3) is 0 Å². The number of carboxylic acids is 2. The minimum Gasteiger partial charge on any atom is -0.481 e. The first kappa shape index (κ1) is 53.9. The lowest BCUT2D eigenvalue weighted by molar-refractivity contribution is -0.149. The average molecular weight is 873 g/mol. The first-order valence-electron chi connectivity index (χ1n) is 20.8. The number of carboxylic acid groups (broad SMARTS) is 2. The summed E-state index contributed by atoms with van der Waals surface area (Å²) in [4.78, 5) is 104. The van der Waals surface area contributed by atoms with Crippen molar-refractivity contribution in [1.82, 2.24) is 31.9 Å². The number of aliphatic hydroxyl groups excluding tert-OH is 1. The van der Waals surface area contributed by atoms with Crippen LogP contribution >= 0.6 is 11.8 Å². The van der Waals surface area contributed by atoms with Gasteiger partial charge in [0.2, 0.25) is 29.5 Å². The Bertz CT molecular complexity index is 1460. The average Bonchev–Trinajstić information content (AvgIpc) is 3.11. The van der Waals surface area contributed by atoms with Crippen molar-refractivity contribution in [2.75, 3.05) is 12.0 Å². The van der Waals surface area contributed by atoms with Crippen LogP contribution in [0.3, 0.4) is 0 Å². The van der Waals surface area contributed by atoms with Crippen LogP contribution in [0.4, 0.5) is 4.79 Å². The van der Waals surface area contributed by atoms with Crippen molar-refractivity contribution in [3.8, 4) is 0 Å². The molecule has 6 amide bonds. The molecule has 1 fully saturated rings. The highest BCUT2D eigenvalue weighted by atomic mass is 32.2. The fourth-order valence-corrected chi connectivity index (χ4v) is 7.32. The van der Waals surface area contributed by atoms with Crippen molar-refractivity contribution in [3.63, 3.8) is 0 Å². The molecule has 1 saturated carbocycles. The maximum atomic E-state index is 13.8. The van der Waals surface area contributed by atoms with Crippen molar-refractivity contribution in [2.24, 2.45) is 35.5 Å². The van der Waals surface area contributed by atoms with Crippen LogP contribution in [-0.4, -0.2) is 123 Å². The molecule has 9 atom stereocenters. The van der Waals surface area contributed by atoms with Gasteiger partial charge >= 0.3 is 18.0 Å². The molecular formula is C41H72N6O12S. The second-order valence-corrected chi connectivity index (χ2v) is 19.2. The summed E-state index contributed by atoms with van der Waals surface area (Å²) in [5.74, 6) is -8.24. The van der Waals surface area contributed by atoms with Crippen molar-refractivity contribution >= 4 is 59.3 Å². The van der Waals surface area contributed by atoms with Gasteiger partial charge in [-0.25, -0.2) is 4.79 Å². The van der Waals surface area contributed by atoms with Crippen molar-refractivity contribution in [1.29, 1.82) is 0 Å². The fourth-order valence-electron chi connectivity index (χ4n) is 6.85. The van der Waals surface area contributed by atoms with Crippen LogP contribution in [0.2, 0.25) is 0 Å². The smallest absolute Gasteiger partial charge is 0.408 e. The van der Waals surface area contributed by atoms with Crippen LogP contribution in [0.5, 0.6) is 0 Å². The number of hydrogen-bond donors (Lipinski definition) is 9. The van der Waals surface area contributed by atoms with Gasteiger partial charge < -0.3 is 52.0 Å². The Hall–Kier alpha value is -4.13. The topological polar surface area (TPSA) is 279 Å². The summed E-state index contributed by atoms with van der Waals surface area (Å²) in [7, 11) is 0. The van der Waals surface area contributed by atoms with Crippen LogP contribution in [0, 0.1) is 35.5 Å². The summed E-state index contributed by atoms with van der Waals surface area (Å²) in [5.41, 5.74) is -0.799. The molecule has 19 heteroatoms. The van der Waals surface area contributed by atoms with E-state index in [1.807, 2.05) is 20.1 Å². The molecule has 0 spiro atoms. The largest absolute Gasteiger partial charge is 0.481 e. The van der Waals surface area contributed by atoms with Crippen LogP contribution < -0.4 is 31.9 Å². The quantitative estimate of drug-likeness (QED) is 0.0715. The molecule has 0 aromatic heterocycles. The molecule has 0 aromatic rings. The highest BCUT2D eigenvalue weighted by Crippen LogP contribution is 2.30. The monoisotopic (exact) mass is 872 g/mol. The Kier molecular flexibility index (Phi) is 22.4. The lowest BCUT2D eigenvalue weighted by Gasteiger charge is -2.33. The fraction of sp³-hybridized carbons (Fsp3) is 0.805. The number of aliphatic hydroxyl groups is 1. The van der Waals surface area contributed by atoms with Gasteiger partial charge in [0.1, 0.15) is 29.8 Å². The van der Waals surface area contributed by atoms with E-state index < -0.39 is 126 Å². The van der Waals surface area contributed by atoms with Crippen LogP contribution in [0.25, 0.3) is 0 Å². The number of alkyl carbamates (subject to hydrolysis) is 1. The third kappa shape index (κ3) is 19.1. The number of ether oxygens (including phenoxy) is 1. The Morgan fingerprint density at radius 3 is 1.60 bits per heavy atom. The van der Waals surface area contributed by atoms with Gasteiger partial charge in [-0.15, -0.1) is 0 Å². The van der Waals surface area contributed by atoms with Gasteiger partial charge in [-0.05, 0) is 88.6 Å². The van der Waals surface area contributed by atoms with E-state index in [2.05, 4.69) is 31.9 Å². The minimum absolute atomic E-state index is 0.0356. The van der Waals surface area contributed by atoms with Gasteiger partial charge in [-0.3, -0.25) is 33.6 Å². The zero-order chi connectivity index (χ0) is 46.2. The summed E-state index contributed by atoms with van der Waals surface area (Å²) in [6, 6.07) is -5.99. The highest BCUT2D eigenvalue weighted by Gasteiger charge is 2.39. The molecule has 0 aromatic carbocycles. The second kappa shape index (κ2) is 25.0. The van der Waals surface area contributed by atoms with E-state index in [0.29, 0.717) is 5.75 Å². The second-order valence-electron chi connectivity index (χ2n) is 18.2. The number of thioether (sulfide) groups is 1. The van der Waals surface area contributed by atoms with Crippen LogP contribution in [-0.2, 0) is 38.3 Å². The normalized spacial score (nSPS) is 19.9. The number of carbonyl (C=O) groups excluding carboxylic acids is 6. The molecule has 60 heavy (non-hydrogen) atoms. The molecule has 18 nitrogen and oxygen atoms in total. The zero-order valence-electron chi connectivity index (χ0n) is 37.4. The predicted molar refractivity (Wildman–Crippen MR) is 227 cm³/mol. The molecule has 0 heterocycles. The van der Waals surface area contributed by atoms with Gasteiger partial charge in [0, 0.05) is 6.04 Å². The molecule has 0 bridgehead atoms. The predicted octanol–water partition coefficient (Wildman–Crippen LogP) is 2.41. The maximum absolute atomic E-state index is 13.8. The Morgan fingerprint density at radius 2 is 1.15 bits per heavy atom. The summed E-state index contributed by atoms with van der Waals surface area (Å²) in [6.07, 6.45) is -0.340. The van der Waals surface area contributed by atoms with E-state index in [4.69, 9.17) is 4.74 Å². The number of amides is 6. The standard InChI is InChI=1S/C41H72N6O12S/c1-20(2)15-28(44-34(50)27(13-14-60-12)43-36(52)33(23(7)8)47-40(58)59-41(9,10)11)29(48)19-30(49)45-31(21(3)4)37(53)46-32(22(5)6)35(51)42-26-17-24(38(54)55)16-25(18-26)39(56)57/h20-29,31-33,48H,13-19H2,1-12H3,(H,42,51)(H,43,52)(H,44,50)(H,45,49)(H,46,53)(H,47,58)(H,54,55)(H,56,57)/t24-,25+,26?,27-,28-,29-,31-,32-,33-/m0/s1. The van der Waals surface area contributed by atoms with Gasteiger partial charge in [-0.2, -0.15) is 11.8 Å². The summed E-state index contributed by atoms with van der Waals surface area (Å²) in [5, 5.41) is 46.7. The van der Waals surface area contributed by atoms with Gasteiger partial charge in [0.15, 0.2) is 0 Å². The van der Waals surface area contributed by atoms with E-state index >= 15 is 0 Å². The van der Waals surface area contributed by atoms with Crippen LogP contribution in [0.15, 0.2) is 0 Å². The molecule has 344 valence electrons. The van der Waals surface area contributed by atoms with E-state index in [0.717, 1.165) is 0 Å². The summed E-state index contributed by atoms with van der Waals surface area (Å²) < 4.78 is 5.32. The Balaban J connectivity index is 3.12. The molecule has 9 N–H and O–H groups in total. The van der Waals surface area contributed by atoms with E-state index in [1.54, 1.807) is 62.3 Å². The molecular weight excluding hydrogens is 801 g/mol. The minimum atomic E-state index is -1.41. The zero-order valence-corrected chi connectivity index (χ0v) is 38.2. The van der Waals surface area contributed by atoms with Gasteiger partial charge in [0.05, 0.1) is 30.4 Å². The molecule has 1 rings (SSSR count). The van der Waals surface area contributed by atoms with Crippen molar-refractivity contribution in [3.05, 3.63) is 0 Å². The van der Waals surface area contributed by atoms with E-state index in [-0.39, 0.29) is 43.9 Å². The summed E-state index contributed by atoms with van der Waals surface area (Å²) >= 11 is 1.46. The molecule has 0 saturated heterocycles. The SMILES string of the molecule is CSCC[C@H](NC(=O)[C@@H](NC(=O)OC(C)(C)C)C(C)C)C(=O)N[C@@H](CC(C)C)[C@@H](O)CC(=O)N[C@H](C(=O)N[C@H](C(=O)NC1C[C@@H](C(=O)O)C[C@@H](C(=O)O)C1)C(C)C)C(C)C. The number of carbonyl (C=O) groups is 8. The third-order valence-electron chi connectivity index (χ3n) is 10.0. The van der Waals surface area contributed by atoms with Crippen molar-refractivity contribution < 1.29 is 58.4 Å². The Labute approximate surface area is 359 Å². The van der Waals surface area contributed by atoms with Crippen LogP contribution in [0.1, 0.15) is 115 Å². The molecule has 0 aliphatic heterocycles. The summed E-state index contributed by atoms with van der Waals surface area (Å²) in [6.45, 7) is 19.0. The molecule has 1 aliphatic rings. The molecule has 0 radical (unpaired) electrons. The lowest BCUT2D eigenvalue weighted by Crippen LogP contribution is -2.59. The number of hydrogen-bond acceptors (Lipinski definition) is 11. The Morgan fingerprint density at radius 1 is 0.667 bits per heavy atom. The number of aliphatic carboxylic acids is 2. The van der Waals surface area contributed by atoms with Crippen molar-refractivity contribution in [2.45, 2.75) is 163 Å². The van der Waals surface area contributed by atoms with E-state index in [9.17, 15) is 53.7 Å². The third-order valence-corrected chi connectivity index (χ3v) is 10.7. The number of nitrogens with one attached hydrogen (secondary N) is 6. The first-order valence-corrected chi connectivity index (χ1v) is 22.2. The number of rotatable bonds is 23. The lowest BCUT2D eigenvalue weighted by atomic mass is 9.78. The van der Waals surface area contributed by atoms with Gasteiger partial charge in [-0.1, -0.05) is 55.4 Å². The highest BCUT2D eigenvalue weighted by molar-refractivity contribution is 7.98. The van der Waals surface area contributed by atoms with E-state index in [1.165, 1.54) is 11.8 Å². The molecule has 1 aliphatic carbocycles. The first-order chi connectivity index (χ1) is 27.7.